The van der Waals surface area contributed by atoms with Crippen molar-refractivity contribution in [2.24, 2.45) is 5.73 Å². The second kappa shape index (κ2) is 2.46. The van der Waals surface area contributed by atoms with Crippen molar-refractivity contribution in [3.05, 3.63) is 0 Å². The lowest BCUT2D eigenvalue weighted by Crippen LogP contribution is -2.45. The molecule has 0 amide bonds. The summed E-state index contributed by atoms with van der Waals surface area (Å²) in [4.78, 5) is 0. The molecule has 2 atom stereocenters. The van der Waals surface area contributed by atoms with Crippen molar-refractivity contribution in [3.8, 4) is 0 Å². The fourth-order valence-electron chi connectivity index (χ4n) is 0.295. The predicted molar refractivity (Wildman–Crippen MR) is 34.6 cm³/mol. The maximum Gasteiger partial charge on any atom is 0.0688 e. The summed E-state index contributed by atoms with van der Waals surface area (Å²) in [6.45, 7) is 5.52. The van der Waals surface area contributed by atoms with Crippen LogP contribution in [0.2, 0.25) is 0 Å². The average Bonchev–Trinajstić information content (AvgIpc) is 1.67. The van der Waals surface area contributed by atoms with Gasteiger partial charge in [-0.05, 0) is 20.3 Å². The summed E-state index contributed by atoms with van der Waals surface area (Å²) in [6.07, 6.45) is 0.400. The molecule has 0 aliphatic rings. The number of rotatable bonds is 2. The Kier molecular flexibility index (Phi) is 2.44. The third-order valence-electron chi connectivity index (χ3n) is 1.72. The van der Waals surface area contributed by atoms with E-state index in [4.69, 9.17) is 10.8 Å². The molecule has 0 aliphatic heterocycles. The number of aliphatic hydroxyl groups excluding tert-OH is 1. The van der Waals surface area contributed by atoms with Crippen molar-refractivity contribution in [2.45, 2.75) is 38.8 Å². The second-order valence-electron chi connectivity index (χ2n) is 2.54. The highest BCUT2D eigenvalue weighted by Crippen LogP contribution is 2.08. The lowest BCUT2D eigenvalue weighted by Gasteiger charge is -2.25. The fraction of sp³-hybridized carbons (Fsp3) is 1.00. The van der Waals surface area contributed by atoms with Gasteiger partial charge in [-0.25, -0.2) is 0 Å². The first-order chi connectivity index (χ1) is 3.50. The van der Waals surface area contributed by atoms with Crippen LogP contribution in [0.15, 0.2) is 0 Å². The van der Waals surface area contributed by atoms with Gasteiger partial charge in [0.25, 0.3) is 0 Å². The van der Waals surface area contributed by atoms with Crippen LogP contribution in [0.5, 0.6) is 0 Å². The molecule has 2 heteroatoms. The highest BCUT2D eigenvalue weighted by molar-refractivity contribution is 4.81. The van der Waals surface area contributed by atoms with Crippen molar-refractivity contribution < 1.29 is 5.11 Å². The van der Waals surface area contributed by atoms with Gasteiger partial charge in [-0.15, -0.1) is 0 Å². The minimum absolute atomic E-state index is 0.403. The SMILES string of the molecule is CCC(C)(N)[C@H](C)O. The Balaban J connectivity index is 3.71. The summed E-state index contributed by atoms with van der Waals surface area (Å²) < 4.78 is 0. The summed E-state index contributed by atoms with van der Waals surface area (Å²) in [5.74, 6) is 0. The van der Waals surface area contributed by atoms with Crippen LogP contribution >= 0.6 is 0 Å². The van der Waals surface area contributed by atoms with Gasteiger partial charge in [0.1, 0.15) is 0 Å². The van der Waals surface area contributed by atoms with Gasteiger partial charge in [0.15, 0.2) is 0 Å². The van der Waals surface area contributed by atoms with Gasteiger partial charge in [0, 0.05) is 5.54 Å². The van der Waals surface area contributed by atoms with Crippen LogP contribution in [0.1, 0.15) is 27.2 Å². The Morgan fingerprint density at radius 2 is 2.12 bits per heavy atom. The second-order valence-corrected chi connectivity index (χ2v) is 2.54. The highest BCUT2D eigenvalue weighted by atomic mass is 16.3. The highest BCUT2D eigenvalue weighted by Gasteiger charge is 2.21. The van der Waals surface area contributed by atoms with E-state index in [0.717, 1.165) is 6.42 Å². The maximum absolute atomic E-state index is 8.96. The van der Waals surface area contributed by atoms with E-state index in [2.05, 4.69) is 0 Å². The Morgan fingerprint density at radius 3 is 2.12 bits per heavy atom. The van der Waals surface area contributed by atoms with E-state index in [1.807, 2.05) is 13.8 Å². The molecule has 0 saturated carbocycles. The van der Waals surface area contributed by atoms with E-state index in [1.54, 1.807) is 6.92 Å². The largest absolute Gasteiger partial charge is 0.392 e. The zero-order chi connectivity index (χ0) is 6.78. The Labute approximate surface area is 50.7 Å². The van der Waals surface area contributed by atoms with Crippen molar-refractivity contribution in [2.75, 3.05) is 0 Å². The molecule has 1 unspecified atom stereocenters. The summed E-state index contributed by atoms with van der Waals surface area (Å²) in [6, 6.07) is 0. The van der Waals surface area contributed by atoms with Gasteiger partial charge in [-0.3, -0.25) is 0 Å². The standard InChI is InChI=1S/C6H15NO/c1-4-6(3,7)5(2)8/h5,8H,4,7H2,1-3H3/t5-,6?/m0/s1. The monoisotopic (exact) mass is 117 g/mol. The topological polar surface area (TPSA) is 46.2 Å². The minimum Gasteiger partial charge on any atom is -0.392 e. The van der Waals surface area contributed by atoms with Crippen molar-refractivity contribution in [1.82, 2.24) is 0 Å². The van der Waals surface area contributed by atoms with Gasteiger partial charge in [0.05, 0.1) is 6.10 Å². The molecule has 8 heavy (non-hydrogen) atoms. The van der Waals surface area contributed by atoms with E-state index in [1.165, 1.54) is 0 Å². The smallest absolute Gasteiger partial charge is 0.0688 e. The molecule has 0 aromatic rings. The first-order valence-corrected chi connectivity index (χ1v) is 2.97. The zero-order valence-corrected chi connectivity index (χ0v) is 5.81. The Morgan fingerprint density at radius 1 is 1.75 bits per heavy atom. The van der Waals surface area contributed by atoms with E-state index >= 15 is 0 Å². The van der Waals surface area contributed by atoms with Crippen molar-refractivity contribution >= 4 is 0 Å². The molecule has 0 spiro atoms. The number of nitrogens with two attached hydrogens (primary N) is 1. The predicted octanol–water partition coefficient (Wildman–Crippen LogP) is 0.495. The van der Waals surface area contributed by atoms with E-state index in [-0.39, 0.29) is 0 Å². The van der Waals surface area contributed by atoms with Gasteiger partial charge in [-0.1, -0.05) is 6.92 Å². The van der Waals surface area contributed by atoms with Crippen molar-refractivity contribution in [1.29, 1.82) is 0 Å². The maximum atomic E-state index is 8.96. The van der Waals surface area contributed by atoms with Gasteiger partial charge in [-0.2, -0.15) is 0 Å². The normalized spacial score (nSPS) is 22.1. The Bertz CT molecular complexity index is 68.9. The third kappa shape index (κ3) is 1.80. The number of aliphatic hydroxyl groups is 1. The van der Waals surface area contributed by atoms with Crippen LogP contribution in [-0.4, -0.2) is 16.7 Å². The summed E-state index contributed by atoms with van der Waals surface area (Å²) in [5.41, 5.74) is 5.21. The molecule has 50 valence electrons. The summed E-state index contributed by atoms with van der Waals surface area (Å²) >= 11 is 0. The molecule has 0 aromatic heterocycles. The lowest BCUT2D eigenvalue weighted by molar-refractivity contribution is 0.109. The molecule has 0 heterocycles. The van der Waals surface area contributed by atoms with Gasteiger partial charge >= 0.3 is 0 Å². The average molecular weight is 117 g/mol. The molecule has 2 nitrogen and oxygen atoms in total. The van der Waals surface area contributed by atoms with Crippen LogP contribution in [0.25, 0.3) is 0 Å². The molecule has 0 aliphatic carbocycles. The molecule has 0 aromatic carbocycles. The van der Waals surface area contributed by atoms with E-state index in [0.29, 0.717) is 0 Å². The molecule has 0 radical (unpaired) electrons. The number of hydrogen-bond acceptors (Lipinski definition) is 2. The summed E-state index contributed by atoms with van der Waals surface area (Å²) in [5, 5.41) is 8.96. The van der Waals surface area contributed by atoms with E-state index < -0.39 is 11.6 Å². The van der Waals surface area contributed by atoms with Crippen LogP contribution in [-0.2, 0) is 0 Å². The molecular formula is C6H15NO. The van der Waals surface area contributed by atoms with Crippen LogP contribution in [0, 0.1) is 0 Å². The van der Waals surface area contributed by atoms with E-state index in [9.17, 15) is 0 Å². The van der Waals surface area contributed by atoms with Crippen LogP contribution in [0.3, 0.4) is 0 Å². The minimum atomic E-state index is -0.410. The fourth-order valence-corrected chi connectivity index (χ4v) is 0.295. The van der Waals surface area contributed by atoms with Gasteiger partial charge < -0.3 is 10.8 Å². The van der Waals surface area contributed by atoms with Crippen LogP contribution < -0.4 is 5.73 Å². The molecule has 0 bridgehead atoms. The molecule has 3 N–H and O–H groups in total. The summed E-state index contributed by atoms with van der Waals surface area (Å²) in [7, 11) is 0. The quantitative estimate of drug-likeness (QED) is 0.553. The molecule has 0 fully saturated rings. The first-order valence-electron chi connectivity index (χ1n) is 2.97. The van der Waals surface area contributed by atoms with Crippen LogP contribution in [0.4, 0.5) is 0 Å². The molecular weight excluding hydrogens is 102 g/mol. The molecule has 0 saturated heterocycles. The molecule has 0 rings (SSSR count). The first kappa shape index (κ1) is 7.92. The third-order valence-corrected chi connectivity index (χ3v) is 1.72. The zero-order valence-electron chi connectivity index (χ0n) is 5.81. The lowest BCUT2D eigenvalue weighted by atomic mass is 9.95. The number of hydrogen-bond donors (Lipinski definition) is 2. The van der Waals surface area contributed by atoms with Gasteiger partial charge in [0.2, 0.25) is 0 Å². The Hall–Kier alpha value is -0.0800. The van der Waals surface area contributed by atoms with Crippen molar-refractivity contribution in [3.63, 3.8) is 0 Å².